The minimum absolute atomic E-state index is 0.000638. The number of halogens is 2. The molecule has 43 heavy (non-hydrogen) atoms. The highest BCUT2D eigenvalue weighted by Crippen LogP contribution is 2.37. The number of nitrogens with zero attached hydrogens (tertiary/aromatic N) is 7. The molecule has 9 nitrogen and oxygen atoms in total. The summed E-state index contributed by atoms with van der Waals surface area (Å²) >= 11 is 6.82. The lowest BCUT2D eigenvalue weighted by atomic mass is 9.98. The van der Waals surface area contributed by atoms with E-state index in [-0.39, 0.29) is 51.8 Å². The highest BCUT2D eigenvalue weighted by atomic mass is 35.5. The Morgan fingerprint density at radius 2 is 1.81 bits per heavy atom. The zero-order valence-electron chi connectivity index (χ0n) is 25.2. The van der Waals surface area contributed by atoms with E-state index in [2.05, 4.69) is 21.8 Å². The zero-order valence-corrected chi connectivity index (χ0v) is 25.9. The van der Waals surface area contributed by atoms with Crippen LogP contribution in [0.15, 0.2) is 54.0 Å². The monoisotopic (exact) mass is 603 g/mol. The maximum atomic E-state index is 15.0. The Kier molecular flexibility index (Phi) is 8.34. The van der Waals surface area contributed by atoms with E-state index in [4.69, 9.17) is 16.6 Å². The number of piperazine rings is 1. The lowest BCUT2D eigenvalue weighted by molar-refractivity contribution is -0.128. The number of carbonyl (C=O) groups is 1. The van der Waals surface area contributed by atoms with Gasteiger partial charge in [0.15, 0.2) is 5.65 Å². The molecular weight excluding hydrogens is 569 g/mol. The van der Waals surface area contributed by atoms with Crippen LogP contribution in [-0.4, -0.2) is 60.7 Å². The molecule has 2 unspecified atom stereocenters. The van der Waals surface area contributed by atoms with E-state index in [1.54, 1.807) is 35.4 Å². The van der Waals surface area contributed by atoms with Crippen LogP contribution in [0.1, 0.15) is 64.6 Å². The number of aromatic nitrogens is 5. The molecule has 0 radical (unpaired) electrons. The van der Waals surface area contributed by atoms with Gasteiger partial charge < -0.3 is 9.80 Å². The van der Waals surface area contributed by atoms with Crippen LogP contribution in [0, 0.1) is 5.82 Å². The Bertz CT molecular complexity index is 1760. The van der Waals surface area contributed by atoms with Gasteiger partial charge in [0, 0.05) is 36.3 Å². The minimum Gasteiger partial charge on any atom is -0.349 e. The SMILES string of the molecule is C=CC(=O)N1CC(C)N(c2nc(=O)n(-c3c(C(C)C)cnnc3C(C)C)c3nc(-c4ccccc4F)c(Cl)cc23)CC1C. The minimum atomic E-state index is -0.557. The number of hydrogen-bond donors (Lipinski definition) is 0. The number of anilines is 1. The Morgan fingerprint density at radius 1 is 1.09 bits per heavy atom. The summed E-state index contributed by atoms with van der Waals surface area (Å²) in [5.74, 6) is -0.313. The largest absolute Gasteiger partial charge is 0.355 e. The van der Waals surface area contributed by atoms with E-state index in [1.165, 1.54) is 16.7 Å². The van der Waals surface area contributed by atoms with Crippen molar-refractivity contribution < 1.29 is 9.18 Å². The molecule has 11 heteroatoms. The van der Waals surface area contributed by atoms with E-state index in [0.717, 1.165) is 5.56 Å². The predicted octanol–water partition coefficient (Wildman–Crippen LogP) is 5.89. The summed E-state index contributed by atoms with van der Waals surface area (Å²) in [5, 5.41) is 9.38. The average molecular weight is 604 g/mol. The molecule has 0 spiro atoms. The molecule has 0 aliphatic carbocycles. The molecule has 1 aliphatic heterocycles. The van der Waals surface area contributed by atoms with E-state index >= 15 is 4.39 Å². The number of pyridine rings is 1. The lowest BCUT2D eigenvalue weighted by Crippen LogP contribution is -2.58. The molecule has 1 aliphatic rings. The maximum absolute atomic E-state index is 15.0. The van der Waals surface area contributed by atoms with Gasteiger partial charge in [0.25, 0.3) is 0 Å². The third-order valence-electron chi connectivity index (χ3n) is 7.92. The van der Waals surface area contributed by atoms with E-state index in [0.29, 0.717) is 35.7 Å². The topological polar surface area (TPSA) is 97.1 Å². The molecule has 1 aromatic carbocycles. The van der Waals surface area contributed by atoms with Gasteiger partial charge in [0.2, 0.25) is 5.91 Å². The zero-order chi connectivity index (χ0) is 31.2. The first-order chi connectivity index (χ1) is 20.4. The van der Waals surface area contributed by atoms with Crippen molar-refractivity contribution in [3.63, 3.8) is 0 Å². The fourth-order valence-electron chi connectivity index (χ4n) is 5.68. The number of rotatable bonds is 6. The van der Waals surface area contributed by atoms with Crippen LogP contribution in [0.3, 0.4) is 0 Å². The van der Waals surface area contributed by atoms with Crippen molar-refractivity contribution in [2.45, 2.75) is 65.5 Å². The Balaban J connectivity index is 1.86. The highest BCUT2D eigenvalue weighted by molar-refractivity contribution is 6.33. The second kappa shape index (κ2) is 11.8. The summed E-state index contributed by atoms with van der Waals surface area (Å²) in [6.07, 6.45) is 2.97. The van der Waals surface area contributed by atoms with Crippen LogP contribution in [0.5, 0.6) is 0 Å². The molecule has 0 bridgehead atoms. The standard InChI is InChI=1S/C32H35ClFN7O2/c1-8-26(42)39-15-20(7)40(16-19(39)6)30-22-13-24(33)28(21-11-9-10-12-25(21)34)36-31(22)41(32(43)37-30)29-23(17(2)3)14-35-38-27(29)18(4)5/h8-14,17-20H,1,15-16H2,2-7H3. The Labute approximate surface area is 255 Å². The molecule has 2 atom stereocenters. The van der Waals surface area contributed by atoms with E-state index < -0.39 is 11.5 Å². The summed E-state index contributed by atoms with van der Waals surface area (Å²) in [6.45, 7) is 16.4. The smallest absolute Gasteiger partial charge is 0.349 e. The third kappa shape index (κ3) is 5.40. The number of carbonyl (C=O) groups excluding carboxylic acids is 1. The average Bonchev–Trinajstić information content (AvgIpc) is 2.97. The first-order valence-electron chi connectivity index (χ1n) is 14.4. The van der Waals surface area contributed by atoms with E-state index in [9.17, 15) is 9.59 Å². The molecule has 3 aromatic heterocycles. The van der Waals surface area contributed by atoms with Crippen LogP contribution < -0.4 is 10.6 Å². The van der Waals surface area contributed by atoms with Gasteiger partial charge in [0.05, 0.1) is 33.7 Å². The number of hydrogen-bond acceptors (Lipinski definition) is 7. The Morgan fingerprint density at radius 3 is 2.47 bits per heavy atom. The fraction of sp³-hybridized carbons (Fsp3) is 0.375. The predicted molar refractivity (Wildman–Crippen MR) is 167 cm³/mol. The van der Waals surface area contributed by atoms with Crippen LogP contribution in [-0.2, 0) is 4.79 Å². The molecule has 4 aromatic rings. The summed E-state index contributed by atoms with van der Waals surface area (Å²) in [4.78, 5) is 40.0. The maximum Gasteiger partial charge on any atom is 0.355 e. The van der Waals surface area contributed by atoms with Gasteiger partial charge in [-0.1, -0.05) is 58.0 Å². The highest BCUT2D eigenvalue weighted by Gasteiger charge is 2.34. The first-order valence-corrected chi connectivity index (χ1v) is 14.8. The summed E-state index contributed by atoms with van der Waals surface area (Å²) in [5.41, 5.74) is 2.13. The molecular formula is C32H35ClFN7O2. The normalized spacial score (nSPS) is 17.3. The van der Waals surface area contributed by atoms with Crippen LogP contribution in [0.2, 0.25) is 5.02 Å². The van der Waals surface area contributed by atoms with Gasteiger partial charge in [0.1, 0.15) is 11.6 Å². The molecule has 224 valence electrons. The van der Waals surface area contributed by atoms with Crippen LogP contribution in [0.4, 0.5) is 10.2 Å². The quantitative estimate of drug-likeness (QED) is 0.254. The second-order valence-corrected chi connectivity index (χ2v) is 12.0. The van der Waals surface area contributed by atoms with Gasteiger partial charge in [-0.3, -0.25) is 4.79 Å². The molecule has 1 amide bonds. The van der Waals surface area contributed by atoms with Crippen molar-refractivity contribution in [1.29, 1.82) is 0 Å². The van der Waals surface area contributed by atoms with Gasteiger partial charge in [-0.2, -0.15) is 15.2 Å². The number of benzene rings is 1. The molecule has 0 saturated carbocycles. The van der Waals surface area contributed by atoms with Crippen molar-refractivity contribution in [1.82, 2.24) is 29.6 Å². The third-order valence-corrected chi connectivity index (χ3v) is 8.21. The molecule has 1 saturated heterocycles. The van der Waals surface area contributed by atoms with E-state index in [1.807, 2.05) is 46.4 Å². The molecule has 4 heterocycles. The summed E-state index contributed by atoms with van der Waals surface area (Å²) < 4.78 is 16.5. The van der Waals surface area contributed by atoms with Gasteiger partial charge in [-0.25, -0.2) is 18.7 Å². The number of fused-ring (bicyclic) bond motifs is 1. The van der Waals surface area contributed by atoms with Crippen molar-refractivity contribution in [3.05, 3.63) is 81.8 Å². The molecule has 5 rings (SSSR count). The van der Waals surface area contributed by atoms with Crippen molar-refractivity contribution in [2.24, 2.45) is 0 Å². The van der Waals surface area contributed by atoms with Crippen molar-refractivity contribution in [2.75, 3.05) is 18.0 Å². The van der Waals surface area contributed by atoms with Crippen molar-refractivity contribution in [3.8, 4) is 16.9 Å². The van der Waals surface area contributed by atoms with Gasteiger partial charge >= 0.3 is 5.69 Å². The van der Waals surface area contributed by atoms with Crippen LogP contribution >= 0.6 is 11.6 Å². The Hall–Kier alpha value is -4.18. The summed E-state index contributed by atoms with van der Waals surface area (Å²) in [7, 11) is 0. The number of amides is 1. The van der Waals surface area contributed by atoms with Crippen LogP contribution in [0.25, 0.3) is 28.0 Å². The second-order valence-electron chi connectivity index (χ2n) is 11.6. The first kappa shape index (κ1) is 30.3. The fourth-order valence-corrected chi connectivity index (χ4v) is 5.93. The molecule has 1 fully saturated rings. The molecule has 0 N–H and O–H groups in total. The summed E-state index contributed by atoms with van der Waals surface area (Å²) in [6, 6.07) is 7.59. The van der Waals surface area contributed by atoms with Gasteiger partial charge in [-0.15, -0.1) is 0 Å². The van der Waals surface area contributed by atoms with Crippen molar-refractivity contribution >= 4 is 34.4 Å². The van der Waals surface area contributed by atoms with Gasteiger partial charge in [-0.05, 0) is 50.0 Å². The lowest BCUT2D eigenvalue weighted by Gasteiger charge is -2.44.